The number of unbranched alkanes of at least 4 members (excludes halogenated alkanes) is 1. The van der Waals surface area contributed by atoms with E-state index in [0.29, 0.717) is 25.2 Å². The lowest BCUT2D eigenvalue weighted by Gasteiger charge is -2.36. The third kappa shape index (κ3) is 3.95. The topological polar surface area (TPSA) is 93.8 Å². The van der Waals surface area contributed by atoms with Gasteiger partial charge in [0.25, 0.3) is 0 Å². The number of nitrogens with two attached hydrogens (primary N) is 1. The number of hydrazone groups is 1. The Morgan fingerprint density at radius 3 is 2.75 bits per heavy atom. The summed E-state index contributed by atoms with van der Waals surface area (Å²) in [5.74, 6) is -0.224. The molecule has 20 heavy (non-hydrogen) atoms. The minimum atomic E-state index is -0.712. The second-order valence-corrected chi connectivity index (χ2v) is 5.15. The summed E-state index contributed by atoms with van der Waals surface area (Å²) in [5, 5.41) is 4.08. The van der Waals surface area contributed by atoms with E-state index in [9.17, 15) is 9.59 Å². The van der Waals surface area contributed by atoms with E-state index < -0.39 is 11.4 Å². The molecule has 6 heteroatoms. The van der Waals surface area contributed by atoms with Crippen LogP contribution in [0.5, 0.6) is 0 Å². The normalized spacial score (nSPS) is 24.4. The third-order valence-corrected chi connectivity index (χ3v) is 3.74. The molecule has 114 valence electrons. The number of hydrogen-bond acceptors (Lipinski definition) is 4. The van der Waals surface area contributed by atoms with Crippen LogP contribution in [0.1, 0.15) is 58.8 Å². The first-order valence-electron chi connectivity index (χ1n) is 7.36. The van der Waals surface area contributed by atoms with Crippen molar-refractivity contribution in [2.45, 2.75) is 58.8 Å². The molecule has 2 amide bonds. The molecule has 6 nitrogen and oxygen atoms in total. The fraction of sp³-hybridized carbons (Fsp3) is 0.786. The molecule has 1 aliphatic rings. The zero-order valence-corrected chi connectivity index (χ0v) is 12.4. The number of nitrogens with one attached hydrogen (secondary N) is 1. The molecular weight excluding hydrogens is 258 g/mol. The van der Waals surface area contributed by atoms with Crippen LogP contribution in [0.25, 0.3) is 0 Å². The van der Waals surface area contributed by atoms with Crippen LogP contribution in [0, 0.1) is 5.41 Å². The first-order chi connectivity index (χ1) is 9.56. The molecule has 0 aromatic rings. The van der Waals surface area contributed by atoms with Crippen molar-refractivity contribution in [3.8, 4) is 0 Å². The van der Waals surface area contributed by atoms with Crippen LogP contribution in [0.3, 0.4) is 0 Å². The van der Waals surface area contributed by atoms with E-state index in [-0.39, 0.29) is 5.97 Å². The average Bonchev–Trinajstić information content (AvgIpc) is 2.43. The van der Waals surface area contributed by atoms with Crippen molar-refractivity contribution in [2.24, 2.45) is 16.3 Å². The predicted octanol–water partition coefficient (Wildman–Crippen LogP) is 2.32. The van der Waals surface area contributed by atoms with Crippen LogP contribution in [0.2, 0.25) is 0 Å². The molecule has 1 atom stereocenters. The Balaban J connectivity index is 3.03. The maximum absolute atomic E-state index is 12.4. The lowest BCUT2D eigenvalue weighted by atomic mass is 9.69. The quantitative estimate of drug-likeness (QED) is 0.578. The maximum Gasteiger partial charge on any atom is 0.332 e. The van der Waals surface area contributed by atoms with Gasteiger partial charge in [-0.1, -0.05) is 26.2 Å². The molecule has 0 bridgehead atoms. The highest BCUT2D eigenvalue weighted by atomic mass is 16.5. The van der Waals surface area contributed by atoms with Gasteiger partial charge in [0.05, 0.1) is 12.3 Å². The number of amides is 2. The zero-order valence-electron chi connectivity index (χ0n) is 12.4. The number of hydrogen-bond donors (Lipinski definition) is 2. The number of nitrogens with zero attached hydrogens (tertiary/aromatic N) is 1. The molecule has 0 aromatic carbocycles. The van der Waals surface area contributed by atoms with Gasteiger partial charge in [0, 0.05) is 0 Å². The Morgan fingerprint density at radius 2 is 2.15 bits per heavy atom. The van der Waals surface area contributed by atoms with Gasteiger partial charge in [0.15, 0.2) is 0 Å². The number of carbonyl (C=O) groups is 2. The standard InChI is InChI=1S/C14H25N3O3/c1-3-5-9-14(12(18)20-4-2)10-7-6-8-11(14)16-17-13(15)19/h3-10H2,1-2H3,(H3,15,17,19)/b16-11+. The second-order valence-electron chi connectivity index (χ2n) is 5.15. The third-order valence-electron chi connectivity index (χ3n) is 3.74. The Morgan fingerprint density at radius 1 is 1.40 bits per heavy atom. The van der Waals surface area contributed by atoms with Crippen LogP contribution in [-0.2, 0) is 9.53 Å². The molecular formula is C14H25N3O3. The van der Waals surface area contributed by atoms with Crippen molar-refractivity contribution in [2.75, 3.05) is 6.61 Å². The first kappa shape index (κ1) is 16.5. The van der Waals surface area contributed by atoms with Gasteiger partial charge in [-0.2, -0.15) is 5.10 Å². The largest absolute Gasteiger partial charge is 0.465 e. The Hall–Kier alpha value is -1.59. The highest BCUT2D eigenvalue weighted by Gasteiger charge is 2.45. The minimum absolute atomic E-state index is 0.224. The number of esters is 1. The molecule has 0 aliphatic heterocycles. The Bertz CT molecular complexity index is 382. The molecule has 1 unspecified atom stereocenters. The molecule has 0 heterocycles. The van der Waals surface area contributed by atoms with Crippen LogP contribution in [0.4, 0.5) is 4.79 Å². The number of urea groups is 1. The summed E-state index contributed by atoms with van der Waals surface area (Å²) in [6.07, 6.45) is 5.99. The molecule has 0 spiro atoms. The lowest BCUT2D eigenvalue weighted by molar-refractivity contribution is -0.152. The van der Waals surface area contributed by atoms with E-state index in [1.54, 1.807) is 6.92 Å². The monoisotopic (exact) mass is 283 g/mol. The van der Waals surface area contributed by atoms with E-state index in [1.165, 1.54) is 0 Å². The van der Waals surface area contributed by atoms with Crippen LogP contribution in [0.15, 0.2) is 5.10 Å². The molecule has 0 aromatic heterocycles. The van der Waals surface area contributed by atoms with Gasteiger partial charge in [-0.15, -0.1) is 0 Å². The predicted molar refractivity (Wildman–Crippen MR) is 77.2 cm³/mol. The fourth-order valence-electron chi connectivity index (χ4n) is 2.73. The van der Waals surface area contributed by atoms with Crippen molar-refractivity contribution < 1.29 is 14.3 Å². The smallest absolute Gasteiger partial charge is 0.332 e. The number of ether oxygens (including phenoxy) is 1. The van der Waals surface area contributed by atoms with Gasteiger partial charge < -0.3 is 10.5 Å². The summed E-state index contributed by atoms with van der Waals surface area (Å²) in [7, 11) is 0. The molecule has 1 rings (SSSR count). The molecule has 0 saturated heterocycles. The van der Waals surface area contributed by atoms with Gasteiger partial charge in [0.2, 0.25) is 0 Å². The van der Waals surface area contributed by atoms with Gasteiger partial charge in [-0.25, -0.2) is 10.2 Å². The summed E-state index contributed by atoms with van der Waals surface area (Å²) in [5.41, 5.74) is 7.34. The van der Waals surface area contributed by atoms with E-state index in [1.807, 2.05) is 0 Å². The highest BCUT2D eigenvalue weighted by Crippen LogP contribution is 2.40. The van der Waals surface area contributed by atoms with E-state index in [2.05, 4.69) is 17.5 Å². The lowest BCUT2D eigenvalue weighted by Crippen LogP contribution is -2.44. The van der Waals surface area contributed by atoms with Gasteiger partial charge in [-0.05, 0) is 32.6 Å². The van der Waals surface area contributed by atoms with Gasteiger partial charge >= 0.3 is 12.0 Å². The van der Waals surface area contributed by atoms with Crippen LogP contribution >= 0.6 is 0 Å². The molecule has 1 fully saturated rings. The molecule has 1 aliphatic carbocycles. The minimum Gasteiger partial charge on any atom is -0.465 e. The summed E-state index contributed by atoms with van der Waals surface area (Å²) >= 11 is 0. The first-order valence-corrected chi connectivity index (χ1v) is 7.36. The van der Waals surface area contributed by atoms with E-state index in [0.717, 1.165) is 32.1 Å². The van der Waals surface area contributed by atoms with Crippen molar-refractivity contribution >= 4 is 17.7 Å². The fourth-order valence-corrected chi connectivity index (χ4v) is 2.73. The number of primary amides is 1. The zero-order chi connectivity index (χ0) is 15.0. The molecule has 1 saturated carbocycles. The van der Waals surface area contributed by atoms with E-state index >= 15 is 0 Å². The summed E-state index contributed by atoms with van der Waals surface area (Å²) in [6.45, 7) is 4.23. The maximum atomic E-state index is 12.4. The summed E-state index contributed by atoms with van der Waals surface area (Å²) in [4.78, 5) is 23.3. The highest BCUT2D eigenvalue weighted by molar-refractivity contribution is 6.07. The average molecular weight is 283 g/mol. The van der Waals surface area contributed by atoms with Crippen LogP contribution < -0.4 is 11.2 Å². The van der Waals surface area contributed by atoms with E-state index in [4.69, 9.17) is 10.5 Å². The molecule has 0 radical (unpaired) electrons. The van der Waals surface area contributed by atoms with Gasteiger partial charge in [-0.3, -0.25) is 4.79 Å². The van der Waals surface area contributed by atoms with Gasteiger partial charge in [0.1, 0.15) is 5.41 Å². The van der Waals surface area contributed by atoms with Crippen molar-refractivity contribution in [1.29, 1.82) is 0 Å². The molecule has 3 N–H and O–H groups in total. The van der Waals surface area contributed by atoms with Crippen molar-refractivity contribution in [3.63, 3.8) is 0 Å². The van der Waals surface area contributed by atoms with Crippen molar-refractivity contribution in [3.05, 3.63) is 0 Å². The Labute approximate surface area is 120 Å². The number of carbonyl (C=O) groups excluding carboxylic acids is 2. The Kier molecular flexibility index (Phi) is 6.48. The summed E-state index contributed by atoms with van der Waals surface area (Å²) < 4.78 is 5.26. The van der Waals surface area contributed by atoms with Crippen molar-refractivity contribution in [1.82, 2.24) is 5.43 Å². The SMILES string of the molecule is CCCCC1(C(=O)OCC)CCCC/C1=N\NC(N)=O. The second kappa shape index (κ2) is 7.87. The van der Waals surface area contributed by atoms with Crippen LogP contribution in [-0.4, -0.2) is 24.3 Å². The number of rotatable bonds is 6. The summed E-state index contributed by atoms with van der Waals surface area (Å²) in [6, 6.07) is -0.712.